The quantitative estimate of drug-likeness (QED) is 0.548. The van der Waals surface area contributed by atoms with Crippen LogP contribution in [0.4, 0.5) is 18.9 Å². The van der Waals surface area contributed by atoms with Crippen LogP contribution in [-0.2, 0) is 9.53 Å². The number of allylic oxidation sites excluding steroid dienone is 2. The monoisotopic (exact) mass is 404 g/mol. The summed E-state index contributed by atoms with van der Waals surface area (Å²) in [5.74, 6) is -1.09. The number of hydrogen-bond donors (Lipinski definition) is 0. The third-order valence-corrected chi connectivity index (χ3v) is 3.84. The summed E-state index contributed by atoms with van der Waals surface area (Å²) in [6.07, 6.45) is 0.327. The molecule has 1 amide bonds. The average molecular weight is 404 g/mol. The van der Waals surface area contributed by atoms with E-state index in [1.807, 2.05) is 0 Å². The van der Waals surface area contributed by atoms with E-state index in [-0.39, 0.29) is 17.9 Å². The normalized spacial score (nSPS) is 16.0. The lowest BCUT2D eigenvalue weighted by molar-refractivity contribution is -0.114. The fourth-order valence-electron chi connectivity index (χ4n) is 2.53. The van der Waals surface area contributed by atoms with Crippen LogP contribution in [0.25, 0.3) is 6.08 Å². The van der Waals surface area contributed by atoms with Gasteiger partial charge in [-0.15, -0.1) is 0 Å². The van der Waals surface area contributed by atoms with Gasteiger partial charge in [-0.25, -0.2) is 4.79 Å². The van der Waals surface area contributed by atoms with Gasteiger partial charge in [0.25, 0.3) is 5.91 Å². The van der Waals surface area contributed by atoms with Crippen molar-refractivity contribution in [2.45, 2.75) is 13.1 Å². The molecule has 0 aliphatic carbocycles. The Kier molecular flexibility index (Phi) is 5.67. The second-order valence-corrected chi connectivity index (χ2v) is 5.79. The fourth-order valence-corrected chi connectivity index (χ4v) is 2.53. The summed E-state index contributed by atoms with van der Waals surface area (Å²) in [5.41, 5.74) is -1.61. The van der Waals surface area contributed by atoms with Crippen LogP contribution in [0.15, 0.2) is 69.9 Å². The summed E-state index contributed by atoms with van der Waals surface area (Å²) in [6.45, 7) is 1.83. The SMILES string of the molecule is CCOC(=O)c1ccc(N2N=C(C(F)(F)F)/C(=C\C=C\c3ccco3)C2=O)cc1. The van der Waals surface area contributed by atoms with E-state index in [1.54, 1.807) is 19.1 Å². The molecule has 1 aliphatic rings. The zero-order valence-electron chi connectivity index (χ0n) is 15.1. The first kappa shape index (κ1) is 20.1. The number of rotatable bonds is 5. The number of amides is 1. The molecule has 6 nitrogen and oxygen atoms in total. The first-order chi connectivity index (χ1) is 13.8. The number of carbonyl (C=O) groups is 2. The molecule has 0 saturated heterocycles. The number of carbonyl (C=O) groups excluding carboxylic acids is 2. The number of alkyl halides is 3. The molecule has 1 aliphatic heterocycles. The number of benzene rings is 1. The Bertz CT molecular complexity index is 988. The predicted octanol–water partition coefficient (Wildman–Crippen LogP) is 4.36. The third-order valence-electron chi connectivity index (χ3n) is 3.84. The van der Waals surface area contributed by atoms with E-state index in [2.05, 4.69) is 5.10 Å². The lowest BCUT2D eigenvalue weighted by Crippen LogP contribution is -2.25. The van der Waals surface area contributed by atoms with Gasteiger partial charge < -0.3 is 9.15 Å². The van der Waals surface area contributed by atoms with Crippen LogP contribution in [0.2, 0.25) is 0 Å². The van der Waals surface area contributed by atoms with Gasteiger partial charge in [0.15, 0.2) is 5.71 Å². The highest BCUT2D eigenvalue weighted by Crippen LogP contribution is 2.31. The summed E-state index contributed by atoms with van der Waals surface area (Å²) in [7, 11) is 0. The maximum atomic E-state index is 13.4. The van der Waals surface area contributed by atoms with Crippen molar-refractivity contribution in [3.05, 3.63) is 71.7 Å². The molecule has 2 heterocycles. The van der Waals surface area contributed by atoms with Crippen LogP contribution in [0.1, 0.15) is 23.0 Å². The number of hydrazone groups is 1. The minimum atomic E-state index is -4.82. The molecule has 0 atom stereocenters. The zero-order valence-corrected chi connectivity index (χ0v) is 15.1. The van der Waals surface area contributed by atoms with Crippen molar-refractivity contribution >= 4 is 29.4 Å². The van der Waals surface area contributed by atoms with Gasteiger partial charge in [-0.3, -0.25) is 4.79 Å². The van der Waals surface area contributed by atoms with Crippen LogP contribution in [-0.4, -0.2) is 30.4 Å². The molecule has 150 valence electrons. The van der Waals surface area contributed by atoms with Gasteiger partial charge in [-0.1, -0.05) is 6.08 Å². The number of ether oxygens (including phenoxy) is 1. The number of halogens is 3. The van der Waals surface area contributed by atoms with Crippen molar-refractivity contribution in [2.75, 3.05) is 11.6 Å². The van der Waals surface area contributed by atoms with E-state index in [0.29, 0.717) is 10.8 Å². The molecule has 1 aromatic carbocycles. The molecule has 0 bridgehead atoms. The number of anilines is 1. The van der Waals surface area contributed by atoms with E-state index >= 15 is 0 Å². The Hall–Kier alpha value is -3.62. The second-order valence-electron chi connectivity index (χ2n) is 5.79. The van der Waals surface area contributed by atoms with Crippen LogP contribution in [0.5, 0.6) is 0 Å². The molecular weight excluding hydrogens is 389 g/mol. The molecular formula is C20H15F3N2O4. The molecule has 0 saturated carbocycles. The summed E-state index contributed by atoms with van der Waals surface area (Å²) < 4.78 is 50.0. The standard InChI is InChI=1S/C20H15F3N2O4/c1-2-28-19(27)13-8-10-14(11-9-13)25-18(26)16(17(24-25)20(21,22)23)7-3-5-15-6-4-12-29-15/h3-12H,2H2,1H3/b5-3+,16-7+. The molecule has 3 rings (SSSR count). The summed E-state index contributed by atoms with van der Waals surface area (Å²) >= 11 is 0. The Morgan fingerprint density at radius 3 is 2.55 bits per heavy atom. The topological polar surface area (TPSA) is 72.1 Å². The fraction of sp³-hybridized carbons (Fsp3) is 0.150. The lowest BCUT2D eigenvalue weighted by atomic mass is 10.1. The van der Waals surface area contributed by atoms with Crippen LogP contribution < -0.4 is 5.01 Å². The maximum absolute atomic E-state index is 13.4. The van der Waals surface area contributed by atoms with Gasteiger partial charge in [-0.2, -0.15) is 23.3 Å². The highest BCUT2D eigenvalue weighted by molar-refractivity contribution is 6.32. The molecule has 2 aromatic rings. The number of hydrogen-bond acceptors (Lipinski definition) is 5. The Balaban J connectivity index is 1.89. The van der Waals surface area contributed by atoms with Gasteiger partial charge >= 0.3 is 12.1 Å². The van der Waals surface area contributed by atoms with Gasteiger partial charge in [0, 0.05) is 0 Å². The minimum absolute atomic E-state index is 0.0863. The second kappa shape index (κ2) is 8.17. The predicted molar refractivity (Wildman–Crippen MR) is 99.2 cm³/mol. The van der Waals surface area contributed by atoms with Crippen molar-refractivity contribution in [3.8, 4) is 0 Å². The minimum Gasteiger partial charge on any atom is -0.465 e. The van der Waals surface area contributed by atoms with E-state index in [1.165, 1.54) is 42.7 Å². The van der Waals surface area contributed by atoms with Gasteiger partial charge in [-0.05, 0) is 55.5 Å². The summed E-state index contributed by atoms with van der Waals surface area (Å²) in [6, 6.07) is 8.58. The van der Waals surface area contributed by atoms with E-state index in [4.69, 9.17) is 9.15 Å². The van der Waals surface area contributed by atoms with E-state index in [0.717, 1.165) is 6.08 Å². The van der Waals surface area contributed by atoms with Crippen molar-refractivity contribution in [3.63, 3.8) is 0 Å². The van der Waals surface area contributed by atoms with Gasteiger partial charge in [0.1, 0.15) is 5.76 Å². The van der Waals surface area contributed by atoms with Crippen molar-refractivity contribution in [2.24, 2.45) is 5.10 Å². The summed E-state index contributed by atoms with van der Waals surface area (Å²) in [5, 5.41) is 4.10. The van der Waals surface area contributed by atoms with Gasteiger partial charge in [0.05, 0.1) is 29.7 Å². The average Bonchev–Trinajstić information content (AvgIpc) is 3.30. The highest BCUT2D eigenvalue weighted by atomic mass is 19.4. The molecule has 0 unspecified atom stereocenters. The van der Waals surface area contributed by atoms with Crippen molar-refractivity contribution in [1.29, 1.82) is 0 Å². The smallest absolute Gasteiger partial charge is 0.435 e. The molecule has 29 heavy (non-hydrogen) atoms. The molecule has 0 radical (unpaired) electrons. The number of nitrogens with zero attached hydrogens (tertiary/aromatic N) is 2. The lowest BCUT2D eigenvalue weighted by Gasteiger charge is -2.12. The highest BCUT2D eigenvalue weighted by Gasteiger charge is 2.46. The van der Waals surface area contributed by atoms with Gasteiger partial charge in [0.2, 0.25) is 0 Å². The van der Waals surface area contributed by atoms with Crippen molar-refractivity contribution < 1.29 is 31.9 Å². The Morgan fingerprint density at radius 1 is 1.24 bits per heavy atom. The molecule has 0 fully saturated rings. The zero-order chi connectivity index (χ0) is 21.0. The van der Waals surface area contributed by atoms with Crippen LogP contribution in [0.3, 0.4) is 0 Å². The Morgan fingerprint density at radius 2 is 1.97 bits per heavy atom. The molecule has 0 N–H and O–H groups in total. The number of esters is 1. The molecule has 9 heteroatoms. The summed E-state index contributed by atoms with van der Waals surface area (Å²) in [4.78, 5) is 24.3. The first-order valence-electron chi connectivity index (χ1n) is 8.51. The molecule has 0 spiro atoms. The van der Waals surface area contributed by atoms with E-state index in [9.17, 15) is 22.8 Å². The number of furan rings is 1. The van der Waals surface area contributed by atoms with E-state index < -0.39 is 29.3 Å². The van der Waals surface area contributed by atoms with Crippen molar-refractivity contribution in [1.82, 2.24) is 0 Å². The Labute approximate surface area is 163 Å². The van der Waals surface area contributed by atoms with Crippen LogP contribution >= 0.6 is 0 Å². The molecule has 1 aromatic heterocycles. The largest absolute Gasteiger partial charge is 0.465 e. The first-order valence-corrected chi connectivity index (χ1v) is 8.51. The maximum Gasteiger partial charge on any atom is 0.435 e. The third kappa shape index (κ3) is 4.45. The van der Waals surface area contributed by atoms with Crippen LogP contribution in [0, 0.1) is 0 Å².